The van der Waals surface area contributed by atoms with Crippen molar-refractivity contribution in [3.8, 4) is 0 Å². The minimum absolute atomic E-state index is 0.0580. The van der Waals surface area contributed by atoms with E-state index in [4.69, 9.17) is 9.47 Å². The number of amides is 1. The number of benzene rings is 1. The highest BCUT2D eigenvalue weighted by Crippen LogP contribution is 2.32. The summed E-state index contributed by atoms with van der Waals surface area (Å²) in [5.41, 5.74) is 0. The van der Waals surface area contributed by atoms with E-state index in [2.05, 4.69) is 5.32 Å². The van der Waals surface area contributed by atoms with Crippen LogP contribution in [0.5, 0.6) is 0 Å². The van der Waals surface area contributed by atoms with Crippen molar-refractivity contribution in [1.29, 1.82) is 0 Å². The van der Waals surface area contributed by atoms with Crippen LogP contribution in [0.15, 0.2) is 29.2 Å². The molecule has 0 unspecified atom stereocenters. The quantitative estimate of drug-likeness (QED) is 0.679. The summed E-state index contributed by atoms with van der Waals surface area (Å²) in [5.74, 6) is -0.956. The smallest absolute Gasteiger partial charge is 0.246 e. The van der Waals surface area contributed by atoms with Gasteiger partial charge in [0, 0.05) is 13.1 Å². The Morgan fingerprint density at radius 2 is 2.07 bits per heavy atom. The van der Waals surface area contributed by atoms with Gasteiger partial charge >= 0.3 is 0 Å². The van der Waals surface area contributed by atoms with Gasteiger partial charge in [-0.3, -0.25) is 4.79 Å². The molecule has 2 N–H and O–H groups in total. The van der Waals surface area contributed by atoms with Gasteiger partial charge < -0.3 is 19.9 Å². The van der Waals surface area contributed by atoms with E-state index in [1.165, 1.54) is 18.2 Å². The number of carbonyl (C=O) groups excluding carboxylic acids is 1. The van der Waals surface area contributed by atoms with E-state index in [-0.39, 0.29) is 38.2 Å². The minimum atomic E-state index is -4.20. The average Bonchev–Trinajstić information content (AvgIpc) is 2.70. The van der Waals surface area contributed by atoms with Crippen molar-refractivity contribution < 1.29 is 32.2 Å². The van der Waals surface area contributed by atoms with Gasteiger partial charge in [0.2, 0.25) is 15.9 Å². The molecule has 2 heterocycles. The largest absolute Gasteiger partial charge is 0.389 e. The minimum Gasteiger partial charge on any atom is -0.389 e. The number of aliphatic hydroxyl groups excluding tert-OH is 1. The summed E-state index contributed by atoms with van der Waals surface area (Å²) in [6, 6.07) is 4.56. The van der Waals surface area contributed by atoms with E-state index in [0.29, 0.717) is 19.4 Å². The number of ether oxygens (including phenoxy) is 2. The topological polar surface area (TPSA) is 105 Å². The Bertz CT molecular complexity index is 836. The summed E-state index contributed by atoms with van der Waals surface area (Å²) in [7, 11) is -4.20. The summed E-state index contributed by atoms with van der Waals surface area (Å²) >= 11 is 0. The Kier molecular flexibility index (Phi) is 7.81. The molecule has 10 heteroatoms. The van der Waals surface area contributed by atoms with Crippen molar-refractivity contribution in [1.82, 2.24) is 9.62 Å². The first kappa shape index (κ1) is 23.1. The molecule has 2 saturated heterocycles. The van der Waals surface area contributed by atoms with Crippen molar-refractivity contribution in [2.75, 3.05) is 26.3 Å². The number of sulfonamides is 1. The van der Waals surface area contributed by atoms with Gasteiger partial charge in [-0.2, -0.15) is 4.31 Å². The molecule has 30 heavy (non-hydrogen) atoms. The monoisotopic (exact) mass is 444 g/mol. The lowest BCUT2D eigenvalue weighted by Crippen LogP contribution is -2.57. The number of halogens is 1. The molecule has 0 bridgehead atoms. The second kappa shape index (κ2) is 10.1. The fourth-order valence-corrected chi connectivity index (χ4v) is 5.68. The number of nitrogens with zero attached hydrogens (tertiary/aromatic N) is 1. The van der Waals surface area contributed by atoms with Crippen molar-refractivity contribution in [3.63, 3.8) is 0 Å². The predicted octanol–water partition coefficient (Wildman–Crippen LogP) is 1.04. The molecular weight excluding hydrogens is 415 g/mol. The number of fused-ring (bicyclic) bond motifs is 1. The molecule has 0 spiro atoms. The average molecular weight is 445 g/mol. The first-order valence-corrected chi connectivity index (χ1v) is 11.7. The molecule has 3 rings (SSSR count). The first-order valence-electron chi connectivity index (χ1n) is 10.3. The zero-order chi connectivity index (χ0) is 21.7. The third-order valence-electron chi connectivity index (χ3n) is 5.34. The van der Waals surface area contributed by atoms with Gasteiger partial charge in [-0.1, -0.05) is 19.1 Å². The second-order valence-electron chi connectivity index (χ2n) is 7.69. The van der Waals surface area contributed by atoms with Crippen LogP contribution in [0, 0.1) is 5.82 Å². The van der Waals surface area contributed by atoms with Crippen LogP contribution in [-0.4, -0.2) is 74.4 Å². The van der Waals surface area contributed by atoms with Gasteiger partial charge in [0.25, 0.3) is 0 Å². The zero-order valence-electron chi connectivity index (χ0n) is 17.0. The maximum Gasteiger partial charge on any atom is 0.246 e. The van der Waals surface area contributed by atoms with Gasteiger partial charge in [-0.05, 0) is 31.4 Å². The number of carbonyl (C=O) groups is 1. The van der Waals surface area contributed by atoms with Crippen LogP contribution in [0.2, 0.25) is 0 Å². The molecule has 2 aliphatic heterocycles. The Morgan fingerprint density at radius 3 is 2.80 bits per heavy atom. The van der Waals surface area contributed by atoms with E-state index >= 15 is 0 Å². The fraction of sp³-hybridized carbons (Fsp3) is 0.650. The number of β-amino-alcohol motifs (C(OH)–C–C–N with tert-alkyl or cyclic N) is 1. The molecule has 0 aliphatic carbocycles. The highest BCUT2D eigenvalue weighted by molar-refractivity contribution is 7.89. The van der Waals surface area contributed by atoms with E-state index < -0.39 is 39.0 Å². The Labute approximate surface area is 176 Å². The SMILES string of the molecule is CCCNC(=O)C[C@H]1CC[C@@H]2[C@H](COC[C@H](O)CN2S(=O)(=O)c2ccccc2F)O1. The molecule has 0 aromatic heterocycles. The Hall–Kier alpha value is -1.59. The Morgan fingerprint density at radius 1 is 1.30 bits per heavy atom. The van der Waals surface area contributed by atoms with E-state index in [9.17, 15) is 22.7 Å². The van der Waals surface area contributed by atoms with Gasteiger partial charge in [0.05, 0.1) is 44.0 Å². The highest BCUT2D eigenvalue weighted by Gasteiger charge is 2.43. The standard InChI is InChI=1S/C20H29FN2O6S/c1-2-9-22-20(25)10-15-7-8-17-18(29-15)13-28-12-14(24)11-23(17)30(26,27)19-6-4-3-5-16(19)21/h3-6,14-15,17-18,24H,2,7-13H2,1H3,(H,22,25)/t14-,15-,17-,18+/m1/s1. The maximum atomic E-state index is 14.3. The zero-order valence-corrected chi connectivity index (χ0v) is 17.8. The van der Waals surface area contributed by atoms with Crippen LogP contribution in [0.1, 0.15) is 32.6 Å². The van der Waals surface area contributed by atoms with Crippen LogP contribution in [0.25, 0.3) is 0 Å². The summed E-state index contributed by atoms with van der Waals surface area (Å²) in [4.78, 5) is 11.6. The summed E-state index contributed by atoms with van der Waals surface area (Å²) in [6.45, 7) is 2.36. The third kappa shape index (κ3) is 5.36. The lowest BCUT2D eigenvalue weighted by molar-refractivity contribution is -0.146. The van der Waals surface area contributed by atoms with Crippen LogP contribution in [0.3, 0.4) is 0 Å². The lowest BCUT2D eigenvalue weighted by Gasteiger charge is -2.43. The number of hydrogen-bond donors (Lipinski definition) is 2. The molecule has 8 nitrogen and oxygen atoms in total. The van der Waals surface area contributed by atoms with Crippen molar-refractivity contribution in [3.05, 3.63) is 30.1 Å². The Balaban J connectivity index is 1.80. The predicted molar refractivity (Wildman–Crippen MR) is 107 cm³/mol. The molecule has 1 aromatic rings. The summed E-state index contributed by atoms with van der Waals surface area (Å²) < 4.78 is 53.5. The molecule has 1 aromatic carbocycles. The van der Waals surface area contributed by atoms with Crippen LogP contribution in [0.4, 0.5) is 4.39 Å². The van der Waals surface area contributed by atoms with Crippen molar-refractivity contribution in [2.24, 2.45) is 0 Å². The lowest BCUT2D eigenvalue weighted by atomic mass is 9.96. The third-order valence-corrected chi connectivity index (χ3v) is 7.27. The second-order valence-corrected chi connectivity index (χ2v) is 9.55. The molecule has 1 amide bonds. The molecule has 0 saturated carbocycles. The van der Waals surface area contributed by atoms with Crippen LogP contribution >= 0.6 is 0 Å². The summed E-state index contributed by atoms with van der Waals surface area (Å²) in [6.07, 6.45) is -0.0939. The molecule has 168 valence electrons. The van der Waals surface area contributed by atoms with Gasteiger partial charge in [-0.15, -0.1) is 0 Å². The maximum absolute atomic E-state index is 14.3. The molecular formula is C20H29FN2O6S. The van der Waals surface area contributed by atoms with E-state index in [1.807, 2.05) is 6.92 Å². The van der Waals surface area contributed by atoms with Gasteiger partial charge in [0.1, 0.15) is 10.7 Å². The molecule has 4 atom stereocenters. The highest BCUT2D eigenvalue weighted by atomic mass is 32.2. The molecule has 0 radical (unpaired) electrons. The number of hydrogen-bond acceptors (Lipinski definition) is 6. The summed E-state index contributed by atoms with van der Waals surface area (Å²) in [5, 5.41) is 13.0. The number of nitrogens with one attached hydrogen (secondary N) is 1. The van der Waals surface area contributed by atoms with E-state index in [1.54, 1.807) is 0 Å². The van der Waals surface area contributed by atoms with Crippen LogP contribution in [-0.2, 0) is 24.3 Å². The number of aliphatic hydroxyl groups is 1. The van der Waals surface area contributed by atoms with Crippen molar-refractivity contribution in [2.45, 2.75) is 61.9 Å². The van der Waals surface area contributed by atoms with Gasteiger partial charge in [-0.25, -0.2) is 12.8 Å². The normalized spacial score (nSPS) is 28.2. The van der Waals surface area contributed by atoms with Crippen LogP contribution < -0.4 is 5.32 Å². The first-order chi connectivity index (χ1) is 14.3. The molecule has 2 aliphatic rings. The number of rotatable bonds is 6. The van der Waals surface area contributed by atoms with Crippen molar-refractivity contribution >= 4 is 15.9 Å². The van der Waals surface area contributed by atoms with Gasteiger partial charge in [0.15, 0.2) is 0 Å². The molecule has 2 fully saturated rings. The fourth-order valence-electron chi connectivity index (χ4n) is 3.89. The van der Waals surface area contributed by atoms with E-state index in [0.717, 1.165) is 16.8 Å².